The Morgan fingerprint density at radius 1 is 1.32 bits per heavy atom. The SMILES string of the molecule is CC(=O)N(CCCN1CCOCC1)C1CCCN(C(=O)c2ncccc2F)C1. The van der Waals surface area contributed by atoms with E-state index in [1.54, 1.807) is 11.8 Å². The molecule has 2 fully saturated rings. The van der Waals surface area contributed by atoms with Crippen molar-refractivity contribution in [3.05, 3.63) is 29.8 Å². The van der Waals surface area contributed by atoms with E-state index in [9.17, 15) is 14.0 Å². The molecule has 2 amide bonds. The van der Waals surface area contributed by atoms with Crippen molar-refractivity contribution in [3.8, 4) is 0 Å². The summed E-state index contributed by atoms with van der Waals surface area (Å²) in [5.74, 6) is -0.992. The van der Waals surface area contributed by atoms with Crippen molar-refractivity contribution in [2.24, 2.45) is 0 Å². The zero-order chi connectivity index (χ0) is 19.9. The lowest BCUT2D eigenvalue weighted by Gasteiger charge is -2.39. The van der Waals surface area contributed by atoms with Gasteiger partial charge in [0.2, 0.25) is 5.91 Å². The summed E-state index contributed by atoms with van der Waals surface area (Å²) in [7, 11) is 0. The number of ether oxygens (including phenoxy) is 1. The number of carbonyl (C=O) groups excluding carboxylic acids is 2. The highest BCUT2D eigenvalue weighted by Gasteiger charge is 2.31. The summed E-state index contributed by atoms with van der Waals surface area (Å²) in [5.41, 5.74) is -0.148. The molecule has 154 valence electrons. The maximum atomic E-state index is 13.9. The Labute approximate surface area is 165 Å². The number of aromatic nitrogens is 1. The zero-order valence-corrected chi connectivity index (χ0v) is 16.5. The first kappa shape index (κ1) is 20.7. The average molecular weight is 392 g/mol. The fourth-order valence-electron chi connectivity index (χ4n) is 3.97. The Morgan fingerprint density at radius 3 is 2.82 bits per heavy atom. The maximum absolute atomic E-state index is 13.9. The fraction of sp³-hybridized carbons (Fsp3) is 0.650. The van der Waals surface area contributed by atoms with Gasteiger partial charge in [0.1, 0.15) is 0 Å². The number of carbonyl (C=O) groups is 2. The van der Waals surface area contributed by atoms with Crippen LogP contribution in [0.2, 0.25) is 0 Å². The van der Waals surface area contributed by atoms with Crippen molar-refractivity contribution < 1.29 is 18.7 Å². The average Bonchev–Trinajstić information content (AvgIpc) is 2.71. The van der Waals surface area contributed by atoms with E-state index in [2.05, 4.69) is 9.88 Å². The van der Waals surface area contributed by atoms with Gasteiger partial charge in [0.15, 0.2) is 11.5 Å². The molecule has 1 aromatic rings. The van der Waals surface area contributed by atoms with Gasteiger partial charge in [-0.1, -0.05) is 0 Å². The third kappa shape index (κ3) is 5.26. The van der Waals surface area contributed by atoms with Gasteiger partial charge in [-0.2, -0.15) is 0 Å². The Balaban J connectivity index is 1.57. The van der Waals surface area contributed by atoms with Crippen LogP contribution in [0, 0.1) is 5.82 Å². The van der Waals surface area contributed by atoms with Crippen LogP contribution in [0.5, 0.6) is 0 Å². The zero-order valence-electron chi connectivity index (χ0n) is 16.5. The molecule has 0 spiro atoms. The molecule has 3 heterocycles. The Morgan fingerprint density at radius 2 is 2.11 bits per heavy atom. The highest BCUT2D eigenvalue weighted by Crippen LogP contribution is 2.19. The first-order valence-electron chi connectivity index (χ1n) is 10.0. The molecular weight excluding hydrogens is 363 g/mol. The molecule has 0 saturated carbocycles. The number of pyridine rings is 1. The molecule has 3 rings (SSSR count). The molecule has 0 bridgehead atoms. The number of amides is 2. The van der Waals surface area contributed by atoms with Gasteiger partial charge in [-0.05, 0) is 31.4 Å². The smallest absolute Gasteiger partial charge is 0.275 e. The fourth-order valence-corrected chi connectivity index (χ4v) is 3.97. The summed E-state index contributed by atoms with van der Waals surface area (Å²) in [4.78, 5) is 34.7. The van der Waals surface area contributed by atoms with Crippen molar-refractivity contribution in [1.82, 2.24) is 19.7 Å². The topological polar surface area (TPSA) is 66.0 Å². The van der Waals surface area contributed by atoms with Gasteiger partial charge >= 0.3 is 0 Å². The van der Waals surface area contributed by atoms with Crippen LogP contribution in [0.1, 0.15) is 36.7 Å². The first-order chi connectivity index (χ1) is 13.6. The third-order valence-electron chi connectivity index (χ3n) is 5.47. The second-order valence-electron chi connectivity index (χ2n) is 7.40. The number of rotatable bonds is 6. The lowest BCUT2D eigenvalue weighted by Crippen LogP contribution is -2.52. The van der Waals surface area contributed by atoms with Crippen LogP contribution in [-0.4, -0.2) is 90.0 Å². The lowest BCUT2D eigenvalue weighted by atomic mass is 10.0. The van der Waals surface area contributed by atoms with E-state index in [-0.39, 0.29) is 17.6 Å². The minimum atomic E-state index is -0.608. The molecule has 1 atom stereocenters. The van der Waals surface area contributed by atoms with Gasteiger partial charge < -0.3 is 14.5 Å². The summed E-state index contributed by atoms with van der Waals surface area (Å²) in [6.07, 6.45) is 3.95. The van der Waals surface area contributed by atoms with E-state index in [0.29, 0.717) is 19.6 Å². The van der Waals surface area contributed by atoms with Crippen LogP contribution in [0.3, 0.4) is 0 Å². The predicted octanol–water partition coefficient (Wildman–Crippen LogP) is 1.40. The van der Waals surface area contributed by atoms with Crippen molar-refractivity contribution in [2.75, 3.05) is 52.5 Å². The molecule has 1 aromatic heterocycles. The van der Waals surface area contributed by atoms with Crippen LogP contribution in [0.4, 0.5) is 4.39 Å². The molecule has 2 saturated heterocycles. The number of hydrogen-bond donors (Lipinski definition) is 0. The highest BCUT2D eigenvalue weighted by molar-refractivity contribution is 5.92. The Kier molecular flexibility index (Phi) is 7.33. The van der Waals surface area contributed by atoms with Gasteiger partial charge in [-0.25, -0.2) is 9.37 Å². The molecule has 0 N–H and O–H groups in total. The molecule has 0 aromatic carbocycles. The molecule has 0 aliphatic carbocycles. The minimum Gasteiger partial charge on any atom is -0.379 e. The van der Waals surface area contributed by atoms with Crippen molar-refractivity contribution >= 4 is 11.8 Å². The summed E-state index contributed by atoms with van der Waals surface area (Å²) < 4.78 is 19.3. The van der Waals surface area contributed by atoms with Gasteiger partial charge in [-0.15, -0.1) is 0 Å². The molecular formula is C20H29FN4O3. The van der Waals surface area contributed by atoms with Gasteiger partial charge in [0.25, 0.3) is 5.91 Å². The van der Waals surface area contributed by atoms with Gasteiger partial charge in [0, 0.05) is 58.4 Å². The van der Waals surface area contributed by atoms with Crippen LogP contribution in [0.25, 0.3) is 0 Å². The summed E-state index contributed by atoms with van der Waals surface area (Å²) >= 11 is 0. The molecule has 7 nitrogen and oxygen atoms in total. The Hall–Kier alpha value is -2.06. The van der Waals surface area contributed by atoms with Crippen molar-refractivity contribution in [3.63, 3.8) is 0 Å². The number of morpholine rings is 1. The van der Waals surface area contributed by atoms with E-state index >= 15 is 0 Å². The first-order valence-corrected chi connectivity index (χ1v) is 10.0. The molecule has 2 aliphatic heterocycles. The minimum absolute atomic E-state index is 0.0188. The predicted molar refractivity (Wildman–Crippen MR) is 102 cm³/mol. The summed E-state index contributed by atoms with van der Waals surface area (Å²) in [6, 6.07) is 2.68. The number of nitrogens with zero attached hydrogens (tertiary/aromatic N) is 4. The van der Waals surface area contributed by atoms with Gasteiger partial charge in [-0.3, -0.25) is 14.5 Å². The number of halogens is 1. The normalized spacial score (nSPS) is 20.8. The lowest BCUT2D eigenvalue weighted by molar-refractivity contribution is -0.132. The van der Waals surface area contributed by atoms with E-state index in [0.717, 1.165) is 52.1 Å². The van der Waals surface area contributed by atoms with E-state index in [1.807, 2.05) is 4.90 Å². The van der Waals surface area contributed by atoms with E-state index < -0.39 is 11.7 Å². The highest BCUT2D eigenvalue weighted by atomic mass is 19.1. The second kappa shape index (κ2) is 9.93. The largest absolute Gasteiger partial charge is 0.379 e. The van der Waals surface area contributed by atoms with Crippen LogP contribution >= 0.6 is 0 Å². The van der Waals surface area contributed by atoms with E-state index in [1.165, 1.54) is 18.3 Å². The summed E-state index contributed by atoms with van der Waals surface area (Å²) in [5, 5.41) is 0. The molecule has 2 aliphatic rings. The maximum Gasteiger partial charge on any atom is 0.275 e. The van der Waals surface area contributed by atoms with Crippen molar-refractivity contribution in [2.45, 2.75) is 32.2 Å². The van der Waals surface area contributed by atoms with Crippen LogP contribution < -0.4 is 0 Å². The Bertz CT molecular complexity index is 681. The number of piperidine rings is 1. The third-order valence-corrected chi connectivity index (χ3v) is 5.47. The monoisotopic (exact) mass is 392 g/mol. The van der Waals surface area contributed by atoms with E-state index in [4.69, 9.17) is 4.74 Å². The standard InChI is InChI=1S/C20H29FN4O3/c1-16(26)25(10-4-8-23-11-13-28-14-12-23)17-5-3-9-24(15-17)20(27)19-18(21)6-2-7-22-19/h2,6-7,17H,3-5,8-15H2,1H3. The van der Waals surface area contributed by atoms with Crippen LogP contribution in [0.15, 0.2) is 18.3 Å². The second-order valence-corrected chi connectivity index (χ2v) is 7.40. The molecule has 8 heteroatoms. The summed E-state index contributed by atoms with van der Waals surface area (Å²) in [6.45, 7) is 7.55. The van der Waals surface area contributed by atoms with Gasteiger partial charge in [0.05, 0.1) is 13.2 Å². The number of hydrogen-bond acceptors (Lipinski definition) is 5. The quantitative estimate of drug-likeness (QED) is 0.732. The molecule has 1 unspecified atom stereocenters. The van der Waals surface area contributed by atoms with Crippen LogP contribution in [-0.2, 0) is 9.53 Å². The molecule has 28 heavy (non-hydrogen) atoms. The molecule has 0 radical (unpaired) electrons. The van der Waals surface area contributed by atoms with Crippen molar-refractivity contribution in [1.29, 1.82) is 0 Å². The number of likely N-dealkylation sites (tertiary alicyclic amines) is 1.